The van der Waals surface area contributed by atoms with Crippen LogP contribution in [0.2, 0.25) is 0 Å². The van der Waals surface area contributed by atoms with Gasteiger partial charge in [0.15, 0.2) is 0 Å². The lowest BCUT2D eigenvalue weighted by Gasteiger charge is -2.24. The molecule has 2 rings (SSSR count). The fraction of sp³-hybridized carbons (Fsp3) is 0.364. The van der Waals surface area contributed by atoms with Gasteiger partial charge in [-0.15, -0.1) is 0 Å². The van der Waals surface area contributed by atoms with Gasteiger partial charge in [-0.1, -0.05) is 6.08 Å². The van der Waals surface area contributed by atoms with Crippen LogP contribution in [-0.2, 0) is 0 Å². The highest BCUT2D eigenvalue weighted by molar-refractivity contribution is 5.71. The molecule has 16 heavy (non-hydrogen) atoms. The van der Waals surface area contributed by atoms with Gasteiger partial charge in [0.25, 0.3) is 5.92 Å². The van der Waals surface area contributed by atoms with Gasteiger partial charge in [-0.2, -0.15) is 8.78 Å². The van der Waals surface area contributed by atoms with Crippen molar-refractivity contribution in [2.75, 3.05) is 20.2 Å². The van der Waals surface area contributed by atoms with E-state index in [1.807, 2.05) is 0 Å². The van der Waals surface area contributed by atoms with E-state index in [9.17, 15) is 8.78 Å². The molecule has 1 aromatic rings. The molecule has 0 aliphatic carbocycles. The van der Waals surface area contributed by atoms with Crippen molar-refractivity contribution in [2.45, 2.75) is 5.92 Å². The molecule has 0 saturated heterocycles. The van der Waals surface area contributed by atoms with Crippen LogP contribution in [0.25, 0.3) is 5.57 Å². The van der Waals surface area contributed by atoms with Gasteiger partial charge in [0, 0.05) is 29.9 Å². The first kappa shape index (κ1) is 11.0. The third kappa shape index (κ3) is 2.04. The quantitative estimate of drug-likeness (QED) is 0.833. The lowest BCUT2D eigenvalue weighted by Crippen LogP contribution is -2.38. The van der Waals surface area contributed by atoms with E-state index in [1.165, 1.54) is 19.4 Å². The second-order valence-corrected chi connectivity index (χ2v) is 3.54. The molecule has 1 N–H and O–H groups in total. The summed E-state index contributed by atoms with van der Waals surface area (Å²) in [6.07, 6.45) is 2.90. The first-order chi connectivity index (χ1) is 7.63. The predicted octanol–water partition coefficient (Wildman–Crippen LogP) is 1.71. The Bertz CT molecular complexity index is 401. The average molecular weight is 226 g/mol. The fourth-order valence-corrected chi connectivity index (χ4v) is 1.64. The number of rotatable bonds is 2. The minimum Gasteiger partial charge on any atom is -0.481 e. The molecule has 0 bridgehead atoms. The minimum atomic E-state index is -2.84. The molecule has 0 spiro atoms. The van der Waals surface area contributed by atoms with Crippen molar-refractivity contribution in [3.8, 4) is 5.88 Å². The number of alkyl halides is 2. The van der Waals surface area contributed by atoms with Crippen molar-refractivity contribution in [3.63, 3.8) is 0 Å². The number of nitrogens with zero attached hydrogens (tertiary/aromatic N) is 1. The van der Waals surface area contributed by atoms with Gasteiger partial charge in [0.1, 0.15) is 0 Å². The van der Waals surface area contributed by atoms with E-state index in [4.69, 9.17) is 4.74 Å². The summed E-state index contributed by atoms with van der Waals surface area (Å²) in [4.78, 5) is 3.92. The summed E-state index contributed by atoms with van der Waals surface area (Å²) < 4.78 is 32.0. The molecule has 0 radical (unpaired) electrons. The monoisotopic (exact) mass is 226 g/mol. The molecule has 0 saturated carbocycles. The largest absolute Gasteiger partial charge is 0.481 e. The van der Waals surface area contributed by atoms with Gasteiger partial charge in [-0.25, -0.2) is 4.98 Å². The topological polar surface area (TPSA) is 34.1 Å². The summed E-state index contributed by atoms with van der Waals surface area (Å²) in [5.41, 5.74) is 0.466. The second kappa shape index (κ2) is 4.17. The number of methoxy groups -OCH3 is 1. The van der Waals surface area contributed by atoms with Gasteiger partial charge < -0.3 is 10.1 Å². The highest BCUT2D eigenvalue weighted by atomic mass is 19.3. The third-order valence-corrected chi connectivity index (χ3v) is 2.45. The number of nitrogens with one attached hydrogen (secondary N) is 1. The number of hydrogen-bond acceptors (Lipinski definition) is 3. The van der Waals surface area contributed by atoms with Gasteiger partial charge in [-0.05, 0) is 6.07 Å². The van der Waals surface area contributed by atoms with E-state index in [0.29, 0.717) is 18.0 Å². The Labute approximate surface area is 92.1 Å². The smallest absolute Gasteiger partial charge is 0.285 e. The molecular weight excluding hydrogens is 214 g/mol. The number of halogens is 2. The Kier molecular flexibility index (Phi) is 2.87. The van der Waals surface area contributed by atoms with Crippen LogP contribution in [0.15, 0.2) is 24.4 Å². The highest BCUT2D eigenvalue weighted by Gasteiger charge is 2.36. The molecule has 86 valence electrons. The van der Waals surface area contributed by atoms with Crippen LogP contribution in [0.1, 0.15) is 5.56 Å². The van der Waals surface area contributed by atoms with Gasteiger partial charge in [0.05, 0.1) is 13.7 Å². The Morgan fingerprint density at radius 3 is 2.81 bits per heavy atom. The van der Waals surface area contributed by atoms with Crippen molar-refractivity contribution >= 4 is 5.57 Å². The zero-order valence-corrected chi connectivity index (χ0v) is 8.84. The van der Waals surface area contributed by atoms with Crippen LogP contribution >= 0.6 is 0 Å². The van der Waals surface area contributed by atoms with Crippen LogP contribution in [-0.4, -0.2) is 31.1 Å². The van der Waals surface area contributed by atoms with Crippen LogP contribution < -0.4 is 10.1 Å². The summed E-state index contributed by atoms with van der Waals surface area (Å²) in [6, 6.07) is 3.17. The molecule has 1 aromatic heterocycles. The molecule has 1 aliphatic heterocycles. The zero-order valence-electron chi connectivity index (χ0n) is 8.84. The Morgan fingerprint density at radius 1 is 1.44 bits per heavy atom. The van der Waals surface area contributed by atoms with E-state index >= 15 is 0 Å². The summed E-state index contributed by atoms with van der Waals surface area (Å²) in [5, 5.41) is 2.63. The Balaban J connectivity index is 2.32. The van der Waals surface area contributed by atoms with E-state index in [-0.39, 0.29) is 12.1 Å². The molecule has 5 heteroatoms. The molecule has 0 atom stereocenters. The summed E-state index contributed by atoms with van der Waals surface area (Å²) >= 11 is 0. The number of pyridine rings is 1. The van der Waals surface area contributed by atoms with Crippen molar-refractivity contribution < 1.29 is 13.5 Å². The van der Waals surface area contributed by atoms with Crippen molar-refractivity contribution in [1.82, 2.24) is 10.3 Å². The molecule has 0 unspecified atom stereocenters. The van der Waals surface area contributed by atoms with Gasteiger partial charge in [0.2, 0.25) is 5.88 Å². The van der Waals surface area contributed by atoms with E-state index < -0.39 is 5.92 Å². The Morgan fingerprint density at radius 2 is 2.25 bits per heavy atom. The van der Waals surface area contributed by atoms with Crippen molar-refractivity contribution in [1.29, 1.82) is 0 Å². The van der Waals surface area contributed by atoms with E-state index in [0.717, 1.165) is 0 Å². The number of hydrogen-bond donors (Lipinski definition) is 1. The fourth-order valence-electron chi connectivity index (χ4n) is 1.64. The first-order valence-corrected chi connectivity index (χ1v) is 4.93. The van der Waals surface area contributed by atoms with E-state index in [1.54, 1.807) is 12.1 Å². The normalized spacial score (nSPS) is 19.1. The molecule has 0 aromatic carbocycles. The molecule has 3 nitrogen and oxygen atoms in total. The van der Waals surface area contributed by atoms with E-state index in [2.05, 4.69) is 10.3 Å². The molecular formula is C11H12F2N2O. The molecule has 0 amide bonds. The number of ether oxygens (including phenoxy) is 1. The molecule has 0 fully saturated rings. The van der Waals surface area contributed by atoms with Crippen LogP contribution in [0.3, 0.4) is 0 Å². The maximum atomic E-state index is 13.5. The lowest BCUT2D eigenvalue weighted by atomic mass is 9.98. The lowest BCUT2D eigenvalue weighted by molar-refractivity contribution is 0.0636. The van der Waals surface area contributed by atoms with Crippen LogP contribution in [0.4, 0.5) is 8.78 Å². The van der Waals surface area contributed by atoms with Crippen LogP contribution in [0, 0.1) is 0 Å². The van der Waals surface area contributed by atoms with Gasteiger partial charge in [-0.3, -0.25) is 0 Å². The average Bonchev–Trinajstić information content (AvgIpc) is 2.29. The summed E-state index contributed by atoms with van der Waals surface area (Å²) in [5.74, 6) is -2.42. The molecule has 2 heterocycles. The first-order valence-electron chi connectivity index (χ1n) is 4.93. The van der Waals surface area contributed by atoms with Crippen molar-refractivity contribution in [3.05, 3.63) is 30.0 Å². The maximum absolute atomic E-state index is 13.5. The second-order valence-electron chi connectivity index (χ2n) is 3.54. The summed E-state index contributed by atoms with van der Waals surface area (Å²) in [7, 11) is 1.49. The highest BCUT2D eigenvalue weighted by Crippen LogP contribution is 2.33. The maximum Gasteiger partial charge on any atom is 0.285 e. The summed E-state index contributed by atoms with van der Waals surface area (Å²) in [6.45, 7) is 0.127. The van der Waals surface area contributed by atoms with Gasteiger partial charge >= 0.3 is 0 Å². The van der Waals surface area contributed by atoms with Crippen LogP contribution in [0.5, 0.6) is 5.88 Å². The number of aromatic nitrogens is 1. The zero-order chi connectivity index (χ0) is 11.6. The SMILES string of the molecule is COc1ccc(C2=CCNCC2(F)F)cn1. The minimum absolute atomic E-state index is 0.0291. The van der Waals surface area contributed by atoms with Crippen molar-refractivity contribution in [2.24, 2.45) is 0 Å². The molecule has 1 aliphatic rings. The standard InChI is InChI=1S/C11H12F2N2O/c1-16-10-3-2-8(6-15-10)9-4-5-14-7-11(9,12)13/h2-4,6,14H,5,7H2,1H3. The third-order valence-electron chi connectivity index (χ3n) is 2.45. The Hall–Kier alpha value is -1.49. The predicted molar refractivity (Wildman–Crippen MR) is 56.6 cm³/mol.